The fourth-order valence-electron chi connectivity index (χ4n) is 4.62. The Labute approximate surface area is 217 Å². The van der Waals surface area contributed by atoms with Crippen LogP contribution in [-0.2, 0) is 19.5 Å². The topological polar surface area (TPSA) is 119 Å². The molecule has 0 atom stereocenters. The zero-order valence-corrected chi connectivity index (χ0v) is 22.9. The lowest BCUT2D eigenvalue weighted by Crippen LogP contribution is -2.53. The van der Waals surface area contributed by atoms with Gasteiger partial charge < -0.3 is 20.1 Å². The van der Waals surface area contributed by atoms with Gasteiger partial charge in [-0.1, -0.05) is 13.0 Å². The Hall–Kier alpha value is -2.21. The van der Waals surface area contributed by atoms with Crippen LogP contribution < -0.4 is 15.4 Å². The van der Waals surface area contributed by atoms with Crippen molar-refractivity contribution >= 4 is 33.1 Å². The maximum absolute atomic E-state index is 13.1. The van der Waals surface area contributed by atoms with Crippen molar-refractivity contribution in [2.75, 3.05) is 25.1 Å². The Bertz CT molecular complexity index is 1170. The number of benzene rings is 1. The molecule has 1 amide bonds. The number of amides is 1. The SMILES string of the molecule is CCNS(=O)(=O)c1cc(NC2(C)COC2)ccc1-c1cnc([C@H]2CC[C@H](NC(=O)OC(C)C)CC2)s1. The maximum atomic E-state index is 13.1. The third kappa shape index (κ3) is 6.37. The molecule has 3 N–H and O–H groups in total. The summed E-state index contributed by atoms with van der Waals surface area (Å²) < 4.78 is 39.3. The summed E-state index contributed by atoms with van der Waals surface area (Å²) in [6, 6.07) is 5.57. The first-order valence-electron chi connectivity index (χ1n) is 12.5. The van der Waals surface area contributed by atoms with Crippen LogP contribution in [0.5, 0.6) is 0 Å². The molecule has 1 aliphatic carbocycles. The van der Waals surface area contributed by atoms with Crippen LogP contribution >= 0.6 is 11.3 Å². The van der Waals surface area contributed by atoms with E-state index in [4.69, 9.17) is 9.47 Å². The average Bonchev–Trinajstić information content (AvgIpc) is 3.28. The molecule has 2 fully saturated rings. The summed E-state index contributed by atoms with van der Waals surface area (Å²) in [4.78, 5) is 17.6. The van der Waals surface area contributed by atoms with Gasteiger partial charge in [-0.15, -0.1) is 11.3 Å². The Morgan fingerprint density at radius 1 is 1.25 bits per heavy atom. The predicted octanol–water partition coefficient (Wildman–Crippen LogP) is 4.47. The molecule has 0 unspecified atom stereocenters. The van der Waals surface area contributed by atoms with E-state index >= 15 is 0 Å². The molecule has 0 spiro atoms. The molecular formula is C25H36N4O5S2. The van der Waals surface area contributed by atoms with E-state index in [-0.39, 0.29) is 34.6 Å². The Balaban J connectivity index is 1.50. The highest BCUT2D eigenvalue weighted by molar-refractivity contribution is 7.89. The molecule has 2 aromatic rings. The molecule has 1 aromatic carbocycles. The molecule has 9 nitrogen and oxygen atoms in total. The molecule has 4 rings (SSSR count). The van der Waals surface area contributed by atoms with Crippen molar-refractivity contribution in [2.24, 2.45) is 0 Å². The van der Waals surface area contributed by atoms with Crippen LogP contribution in [0.3, 0.4) is 0 Å². The molecule has 0 radical (unpaired) electrons. The van der Waals surface area contributed by atoms with Crippen LogP contribution in [0.4, 0.5) is 10.5 Å². The van der Waals surface area contributed by atoms with Gasteiger partial charge in [0, 0.05) is 36.0 Å². The highest BCUT2D eigenvalue weighted by atomic mass is 32.2. The van der Waals surface area contributed by atoms with E-state index in [1.165, 1.54) is 0 Å². The normalized spacial score (nSPS) is 21.6. The molecule has 2 heterocycles. The van der Waals surface area contributed by atoms with Crippen LogP contribution in [0.1, 0.15) is 64.3 Å². The summed E-state index contributed by atoms with van der Waals surface area (Å²) in [5.41, 5.74) is 1.19. The summed E-state index contributed by atoms with van der Waals surface area (Å²) in [7, 11) is -3.69. The van der Waals surface area contributed by atoms with Gasteiger partial charge in [-0.05, 0) is 58.6 Å². The number of aromatic nitrogens is 1. The van der Waals surface area contributed by atoms with Crippen molar-refractivity contribution in [1.29, 1.82) is 0 Å². The summed E-state index contributed by atoms with van der Waals surface area (Å²) in [5.74, 6) is 0.288. The molecule has 1 aromatic heterocycles. The summed E-state index contributed by atoms with van der Waals surface area (Å²) in [5, 5.41) is 7.36. The number of anilines is 1. The third-order valence-corrected chi connectivity index (χ3v) is 9.20. The third-order valence-electron chi connectivity index (χ3n) is 6.42. The second kappa shape index (κ2) is 11.0. The van der Waals surface area contributed by atoms with Crippen molar-refractivity contribution < 1.29 is 22.7 Å². The van der Waals surface area contributed by atoms with Crippen LogP contribution in [0.2, 0.25) is 0 Å². The second-order valence-corrected chi connectivity index (χ2v) is 12.9. The number of hydrogen-bond donors (Lipinski definition) is 3. The number of rotatable bonds is 9. The van der Waals surface area contributed by atoms with E-state index in [2.05, 4.69) is 27.3 Å². The number of ether oxygens (including phenoxy) is 2. The molecule has 1 aliphatic heterocycles. The van der Waals surface area contributed by atoms with E-state index < -0.39 is 10.0 Å². The minimum Gasteiger partial charge on any atom is -0.447 e. The van der Waals surface area contributed by atoms with E-state index in [0.29, 0.717) is 25.3 Å². The highest BCUT2D eigenvalue weighted by Crippen LogP contribution is 2.40. The van der Waals surface area contributed by atoms with Crippen molar-refractivity contribution in [3.63, 3.8) is 0 Å². The van der Waals surface area contributed by atoms with E-state index in [9.17, 15) is 13.2 Å². The summed E-state index contributed by atoms with van der Waals surface area (Å²) in [6.45, 7) is 8.96. The van der Waals surface area contributed by atoms with Crippen LogP contribution in [0.25, 0.3) is 10.4 Å². The lowest BCUT2D eigenvalue weighted by molar-refractivity contribution is -0.0318. The van der Waals surface area contributed by atoms with Gasteiger partial charge in [0.1, 0.15) is 0 Å². The fourth-order valence-corrected chi connectivity index (χ4v) is 7.10. The first-order chi connectivity index (χ1) is 17.1. The monoisotopic (exact) mass is 536 g/mol. The number of sulfonamides is 1. The van der Waals surface area contributed by atoms with Crippen molar-refractivity contribution in [1.82, 2.24) is 15.0 Å². The van der Waals surface area contributed by atoms with Crippen molar-refractivity contribution in [2.45, 2.75) is 81.9 Å². The highest BCUT2D eigenvalue weighted by Gasteiger charge is 2.34. The van der Waals surface area contributed by atoms with Gasteiger partial charge in [0.15, 0.2) is 0 Å². The van der Waals surface area contributed by atoms with Crippen molar-refractivity contribution in [3.8, 4) is 10.4 Å². The molecule has 198 valence electrons. The van der Waals surface area contributed by atoms with E-state index in [1.54, 1.807) is 30.5 Å². The number of carbonyl (C=O) groups excluding carboxylic acids is 1. The largest absolute Gasteiger partial charge is 0.447 e. The minimum absolute atomic E-state index is 0.103. The summed E-state index contributed by atoms with van der Waals surface area (Å²) in [6.07, 6.45) is 4.80. The van der Waals surface area contributed by atoms with Gasteiger partial charge >= 0.3 is 6.09 Å². The number of nitrogens with one attached hydrogen (secondary N) is 3. The quantitative estimate of drug-likeness (QED) is 0.433. The Morgan fingerprint density at radius 2 is 1.97 bits per heavy atom. The zero-order valence-electron chi connectivity index (χ0n) is 21.3. The lowest BCUT2D eigenvalue weighted by Gasteiger charge is -2.39. The Kier molecular flexibility index (Phi) is 8.23. The number of nitrogens with zero attached hydrogens (tertiary/aromatic N) is 1. The van der Waals surface area contributed by atoms with Crippen LogP contribution in [0.15, 0.2) is 29.3 Å². The standard InChI is InChI=1S/C25H36N4O5S2/c1-5-27-36(31,32)22-12-19(29-25(4)14-33-15-25)10-11-20(22)21-13-26-23(35-21)17-6-8-18(9-7-17)28-24(30)34-16(2)3/h10-13,16-18,27,29H,5-9,14-15H2,1-4H3,(H,28,30)/t17-,18-. The van der Waals surface area contributed by atoms with Gasteiger partial charge in [-0.25, -0.2) is 22.9 Å². The van der Waals surface area contributed by atoms with Gasteiger partial charge in [0.05, 0.1) is 39.6 Å². The lowest BCUT2D eigenvalue weighted by atomic mass is 9.86. The predicted molar refractivity (Wildman–Crippen MR) is 141 cm³/mol. The molecule has 0 bridgehead atoms. The fraction of sp³-hybridized carbons (Fsp3) is 0.600. The minimum atomic E-state index is -3.69. The van der Waals surface area contributed by atoms with Crippen molar-refractivity contribution in [3.05, 3.63) is 29.4 Å². The maximum Gasteiger partial charge on any atom is 0.407 e. The zero-order chi connectivity index (χ0) is 25.9. The van der Waals surface area contributed by atoms with E-state index in [1.807, 2.05) is 26.0 Å². The number of carbonyl (C=O) groups is 1. The molecule has 2 aliphatic rings. The van der Waals surface area contributed by atoms with E-state index in [0.717, 1.165) is 41.3 Å². The van der Waals surface area contributed by atoms with Crippen LogP contribution in [0, 0.1) is 0 Å². The molecule has 1 saturated heterocycles. The Morgan fingerprint density at radius 3 is 2.58 bits per heavy atom. The van der Waals surface area contributed by atoms with Gasteiger partial charge in [-0.2, -0.15) is 0 Å². The van der Waals surface area contributed by atoms with Gasteiger partial charge in [-0.3, -0.25) is 0 Å². The first kappa shape index (κ1) is 26.8. The summed E-state index contributed by atoms with van der Waals surface area (Å²) >= 11 is 1.54. The molecular weight excluding hydrogens is 500 g/mol. The number of alkyl carbamates (subject to hydrolysis) is 1. The van der Waals surface area contributed by atoms with Gasteiger partial charge in [0.25, 0.3) is 0 Å². The second-order valence-electron chi connectivity index (χ2n) is 10.1. The average molecular weight is 537 g/mol. The molecule has 11 heteroatoms. The molecule has 1 saturated carbocycles. The number of thiazole rings is 1. The smallest absolute Gasteiger partial charge is 0.407 e. The molecule has 36 heavy (non-hydrogen) atoms. The van der Waals surface area contributed by atoms with Gasteiger partial charge in [0.2, 0.25) is 10.0 Å². The first-order valence-corrected chi connectivity index (χ1v) is 14.8. The van der Waals surface area contributed by atoms with Crippen LogP contribution in [-0.4, -0.2) is 56.9 Å². The number of hydrogen-bond acceptors (Lipinski definition) is 8.